The first kappa shape index (κ1) is 27.8. The van der Waals surface area contributed by atoms with E-state index in [-0.39, 0.29) is 10.8 Å². The summed E-state index contributed by atoms with van der Waals surface area (Å²) in [7, 11) is 5.73. The van der Waals surface area contributed by atoms with Crippen molar-refractivity contribution in [2.75, 3.05) is 44.9 Å². The van der Waals surface area contributed by atoms with E-state index in [4.69, 9.17) is 16.3 Å². The number of hydrazone groups is 1. The molecule has 3 N–H and O–H groups in total. The number of likely N-dealkylation sites (N-methyl/N-ethyl adjacent to an activating group) is 1. The summed E-state index contributed by atoms with van der Waals surface area (Å²) < 4.78 is 5.97. The molecular formula is C24H34ClN5O3. The van der Waals surface area contributed by atoms with Crippen molar-refractivity contribution in [1.82, 2.24) is 9.91 Å². The molecule has 0 spiro atoms. The van der Waals surface area contributed by atoms with Crippen LogP contribution < -0.4 is 15.4 Å². The summed E-state index contributed by atoms with van der Waals surface area (Å²) in [5.41, 5.74) is 2.51. The van der Waals surface area contributed by atoms with E-state index in [1.165, 1.54) is 12.1 Å². The average molecular weight is 476 g/mol. The molecule has 0 radical (unpaired) electrons. The zero-order chi connectivity index (χ0) is 25.0. The first-order chi connectivity index (χ1) is 15.7. The SMILES string of the molecule is C=NN(C)/C(=C/C)c1cc(NC(=O)Nc2ccc(Cl)c(O)c2)ccc1OCCN(C)C.CC. The molecule has 0 heterocycles. The molecule has 0 fully saturated rings. The van der Waals surface area contributed by atoms with Crippen LogP contribution in [0.3, 0.4) is 0 Å². The van der Waals surface area contributed by atoms with Gasteiger partial charge in [0.25, 0.3) is 0 Å². The van der Waals surface area contributed by atoms with Gasteiger partial charge in [-0.2, -0.15) is 5.10 Å². The topological polar surface area (TPSA) is 89.4 Å². The summed E-state index contributed by atoms with van der Waals surface area (Å²) in [4.78, 5) is 14.5. The number of carbonyl (C=O) groups excluding carboxylic acids is 1. The maximum Gasteiger partial charge on any atom is 0.323 e. The lowest BCUT2D eigenvalue weighted by atomic mass is 10.1. The largest absolute Gasteiger partial charge is 0.506 e. The number of phenolic OH excluding ortho intramolecular Hbond substituents is 1. The predicted molar refractivity (Wildman–Crippen MR) is 139 cm³/mol. The van der Waals surface area contributed by atoms with Crippen LogP contribution >= 0.6 is 11.6 Å². The number of halogens is 1. The van der Waals surface area contributed by atoms with Crippen molar-refractivity contribution in [3.8, 4) is 11.5 Å². The molecule has 33 heavy (non-hydrogen) atoms. The second-order valence-corrected chi connectivity index (χ2v) is 7.35. The number of benzene rings is 2. The standard InChI is InChI=1S/C22H28ClN5O3.C2H6/c1-6-19(28(5)24-2)17-13-15(8-10-21(17)31-12-11-27(3)4)25-22(30)26-16-7-9-18(23)20(29)14-16;1-2/h6-10,13-14,29H,2,11-12H2,1,3-5H3,(H2,25,26,30);1-2H3/b19-6+;. The van der Waals surface area contributed by atoms with E-state index in [0.29, 0.717) is 23.7 Å². The van der Waals surface area contributed by atoms with Gasteiger partial charge in [0, 0.05) is 43.3 Å². The van der Waals surface area contributed by atoms with Gasteiger partial charge < -0.3 is 25.4 Å². The van der Waals surface area contributed by atoms with Crippen molar-refractivity contribution in [2.45, 2.75) is 20.8 Å². The highest BCUT2D eigenvalue weighted by Crippen LogP contribution is 2.31. The molecule has 8 nitrogen and oxygen atoms in total. The first-order valence-electron chi connectivity index (χ1n) is 10.6. The zero-order valence-electron chi connectivity index (χ0n) is 20.1. The van der Waals surface area contributed by atoms with Crippen molar-refractivity contribution < 1.29 is 14.6 Å². The second kappa shape index (κ2) is 14.0. The average Bonchev–Trinajstić information content (AvgIpc) is 2.79. The predicted octanol–water partition coefficient (Wildman–Crippen LogP) is 5.56. The lowest BCUT2D eigenvalue weighted by Crippen LogP contribution is -2.21. The number of hydrogen-bond donors (Lipinski definition) is 3. The molecule has 2 rings (SSSR count). The van der Waals surface area contributed by atoms with E-state index in [1.54, 1.807) is 36.3 Å². The van der Waals surface area contributed by atoms with Gasteiger partial charge in [0.15, 0.2) is 0 Å². The smallest absolute Gasteiger partial charge is 0.323 e. The molecule has 2 aromatic rings. The molecule has 0 saturated heterocycles. The Balaban J connectivity index is 0.00000265. The summed E-state index contributed by atoms with van der Waals surface area (Å²) in [5.74, 6) is 0.553. The molecule has 2 aromatic carbocycles. The highest BCUT2D eigenvalue weighted by Gasteiger charge is 2.15. The highest BCUT2D eigenvalue weighted by molar-refractivity contribution is 6.32. The number of ether oxygens (including phenoxy) is 1. The molecule has 0 bridgehead atoms. The van der Waals surface area contributed by atoms with Crippen molar-refractivity contribution >= 4 is 41.4 Å². The van der Waals surface area contributed by atoms with E-state index in [1.807, 2.05) is 45.8 Å². The van der Waals surface area contributed by atoms with E-state index in [2.05, 4.69) is 22.5 Å². The van der Waals surface area contributed by atoms with Crippen LogP contribution in [-0.2, 0) is 0 Å². The van der Waals surface area contributed by atoms with Gasteiger partial charge in [0.05, 0.1) is 10.7 Å². The van der Waals surface area contributed by atoms with Gasteiger partial charge in [-0.3, -0.25) is 5.01 Å². The van der Waals surface area contributed by atoms with Crippen LogP contribution in [-0.4, -0.2) is 62.1 Å². The van der Waals surface area contributed by atoms with Gasteiger partial charge in [-0.1, -0.05) is 31.5 Å². The summed E-state index contributed by atoms with van der Waals surface area (Å²) in [6.45, 7) is 10.7. The van der Waals surface area contributed by atoms with Crippen LogP contribution in [0.1, 0.15) is 26.3 Å². The van der Waals surface area contributed by atoms with Crippen LogP contribution in [0.25, 0.3) is 5.70 Å². The van der Waals surface area contributed by atoms with Gasteiger partial charge in [-0.25, -0.2) is 4.79 Å². The maximum atomic E-state index is 12.4. The Labute approximate surface area is 201 Å². The Morgan fingerprint density at radius 3 is 2.30 bits per heavy atom. The zero-order valence-corrected chi connectivity index (χ0v) is 20.9. The fourth-order valence-corrected chi connectivity index (χ4v) is 2.87. The second-order valence-electron chi connectivity index (χ2n) is 6.95. The molecule has 0 unspecified atom stereocenters. The van der Waals surface area contributed by atoms with Crippen LogP contribution in [0.15, 0.2) is 47.6 Å². The Morgan fingerprint density at radius 1 is 1.15 bits per heavy atom. The Bertz CT molecular complexity index is 963. The van der Waals surface area contributed by atoms with Gasteiger partial charge in [-0.05, 0) is 51.4 Å². The third-order valence-electron chi connectivity index (χ3n) is 4.35. The molecule has 0 aliphatic carbocycles. The number of nitrogens with zero attached hydrogens (tertiary/aromatic N) is 3. The van der Waals surface area contributed by atoms with Crippen LogP contribution in [0.2, 0.25) is 5.02 Å². The minimum Gasteiger partial charge on any atom is -0.506 e. The normalized spacial score (nSPS) is 10.7. The molecule has 0 atom stereocenters. The molecule has 0 saturated carbocycles. The summed E-state index contributed by atoms with van der Waals surface area (Å²) in [6, 6.07) is 9.36. The van der Waals surface area contributed by atoms with Crippen molar-refractivity contribution in [3.63, 3.8) is 0 Å². The lowest BCUT2D eigenvalue weighted by Gasteiger charge is -2.21. The van der Waals surface area contributed by atoms with E-state index in [9.17, 15) is 9.90 Å². The molecule has 0 aromatic heterocycles. The van der Waals surface area contributed by atoms with Gasteiger partial charge in [0.2, 0.25) is 0 Å². The highest BCUT2D eigenvalue weighted by atomic mass is 35.5. The minimum absolute atomic E-state index is 0.112. The molecule has 9 heteroatoms. The number of carbonyl (C=O) groups is 1. The number of allylic oxidation sites excluding steroid dienone is 1. The van der Waals surface area contributed by atoms with Gasteiger partial charge in [0.1, 0.15) is 18.1 Å². The third-order valence-corrected chi connectivity index (χ3v) is 4.67. The van der Waals surface area contributed by atoms with Crippen molar-refractivity contribution in [3.05, 3.63) is 53.1 Å². The molecule has 180 valence electrons. The first-order valence-corrected chi connectivity index (χ1v) is 11.0. The number of hydrogen-bond acceptors (Lipinski definition) is 6. The van der Waals surface area contributed by atoms with Crippen molar-refractivity contribution in [2.24, 2.45) is 5.10 Å². The number of nitrogens with one attached hydrogen (secondary N) is 2. The van der Waals surface area contributed by atoms with E-state index in [0.717, 1.165) is 17.8 Å². The van der Waals surface area contributed by atoms with Gasteiger partial charge >= 0.3 is 6.03 Å². The molecule has 0 aliphatic rings. The number of aromatic hydroxyl groups is 1. The van der Waals surface area contributed by atoms with Crippen molar-refractivity contribution in [1.29, 1.82) is 0 Å². The fraction of sp³-hybridized carbons (Fsp3) is 0.333. The Morgan fingerprint density at radius 2 is 1.76 bits per heavy atom. The third kappa shape index (κ3) is 8.67. The lowest BCUT2D eigenvalue weighted by molar-refractivity contribution is 0.260. The maximum absolute atomic E-state index is 12.4. The van der Waals surface area contributed by atoms with Crippen LogP contribution in [0.5, 0.6) is 11.5 Å². The molecule has 2 amide bonds. The van der Waals surface area contributed by atoms with Crippen LogP contribution in [0.4, 0.5) is 16.2 Å². The molecule has 0 aliphatic heterocycles. The minimum atomic E-state index is -0.467. The Kier molecular flexibility index (Phi) is 11.8. The molecular weight excluding hydrogens is 442 g/mol. The summed E-state index contributed by atoms with van der Waals surface area (Å²) in [5, 5.41) is 20.9. The van der Waals surface area contributed by atoms with Gasteiger partial charge in [-0.15, -0.1) is 0 Å². The van der Waals surface area contributed by atoms with Crippen LogP contribution in [0, 0.1) is 0 Å². The van der Waals surface area contributed by atoms with E-state index < -0.39 is 6.03 Å². The fourth-order valence-electron chi connectivity index (χ4n) is 2.75. The summed E-state index contributed by atoms with van der Waals surface area (Å²) >= 11 is 5.80. The number of amides is 2. The van der Waals surface area contributed by atoms with E-state index >= 15 is 0 Å². The monoisotopic (exact) mass is 475 g/mol. The quantitative estimate of drug-likeness (QED) is 0.326. The number of rotatable bonds is 9. The number of urea groups is 1. The number of anilines is 2. The number of phenols is 1. The summed E-state index contributed by atoms with van der Waals surface area (Å²) in [6.07, 6.45) is 1.89. The Hall–Kier alpha value is -3.23.